The fourth-order valence-electron chi connectivity index (χ4n) is 2.07. The summed E-state index contributed by atoms with van der Waals surface area (Å²) in [6, 6.07) is 4.37. The Morgan fingerprint density at radius 3 is 2.52 bits per heavy atom. The van der Waals surface area contributed by atoms with Gasteiger partial charge in [-0.2, -0.15) is 4.98 Å². The Balaban J connectivity index is 2.94. The lowest BCUT2D eigenvalue weighted by atomic mass is 10.2. The first-order valence-electron chi connectivity index (χ1n) is 8.15. The maximum Gasteiger partial charge on any atom is 0.239 e. The Morgan fingerprint density at radius 2 is 1.95 bits per heavy atom. The van der Waals surface area contributed by atoms with Crippen LogP contribution in [0.3, 0.4) is 0 Å². The van der Waals surface area contributed by atoms with Crippen molar-refractivity contribution in [1.82, 2.24) is 4.98 Å². The second kappa shape index (κ2) is 8.75. The van der Waals surface area contributed by atoms with E-state index in [1.807, 2.05) is 12.1 Å². The van der Waals surface area contributed by atoms with Gasteiger partial charge in [0, 0.05) is 12.6 Å². The molecule has 0 saturated carbocycles. The van der Waals surface area contributed by atoms with Crippen molar-refractivity contribution in [2.75, 3.05) is 23.8 Å². The maximum absolute atomic E-state index is 5.98. The molecule has 0 aliphatic rings. The van der Waals surface area contributed by atoms with E-state index in [4.69, 9.17) is 10.5 Å². The van der Waals surface area contributed by atoms with Gasteiger partial charge in [0.15, 0.2) is 0 Å². The number of pyridine rings is 1. The first-order valence-corrected chi connectivity index (χ1v) is 8.15. The molecule has 21 heavy (non-hydrogen) atoms. The second-order valence-corrected chi connectivity index (χ2v) is 6.07. The van der Waals surface area contributed by atoms with Gasteiger partial charge in [-0.1, -0.05) is 34.1 Å². The highest BCUT2D eigenvalue weighted by Crippen LogP contribution is 2.25. The molecule has 1 unspecified atom stereocenters. The van der Waals surface area contributed by atoms with Gasteiger partial charge in [0.1, 0.15) is 5.82 Å². The summed E-state index contributed by atoms with van der Waals surface area (Å²) in [5.74, 6) is 1.98. The second-order valence-electron chi connectivity index (χ2n) is 6.07. The summed E-state index contributed by atoms with van der Waals surface area (Å²) in [4.78, 5) is 7.00. The third-order valence-electron chi connectivity index (χ3n) is 3.60. The molecular formula is C17H31N3O. The third kappa shape index (κ3) is 5.44. The van der Waals surface area contributed by atoms with Gasteiger partial charge in [-0.15, -0.1) is 0 Å². The van der Waals surface area contributed by atoms with Crippen LogP contribution in [-0.4, -0.2) is 24.2 Å². The van der Waals surface area contributed by atoms with Crippen LogP contribution in [0.2, 0.25) is 0 Å². The van der Waals surface area contributed by atoms with Crippen LogP contribution in [0.25, 0.3) is 0 Å². The Labute approximate surface area is 129 Å². The van der Waals surface area contributed by atoms with Crippen LogP contribution in [0.5, 0.6) is 5.88 Å². The van der Waals surface area contributed by atoms with E-state index in [9.17, 15) is 0 Å². The summed E-state index contributed by atoms with van der Waals surface area (Å²) in [5.41, 5.74) is 6.59. The Hall–Kier alpha value is -1.45. The highest BCUT2D eigenvalue weighted by atomic mass is 16.5. The SMILES string of the molecule is CCCCN(c1ccc(N)c(OCC(C)C)n1)C(C)CC. The molecular weight excluding hydrogens is 262 g/mol. The molecule has 1 aromatic rings. The molecule has 0 saturated heterocycles. The highest BCUT2D eigenvalue weighted by molar-refractivity contribution is 5.54. The van der Waals surface area contributed by atoms with Crippen LogP contribution in [0.15, 0.2) is 12.1 Å². The number of hydrogen-bond donors (Lipinski definition) is 1. The molecule has 0 amide bonds. The summed E-state index contributed by atoms with van der Waals surface area (Å²) >= 11 is 0. The number of unbranched alkanes of at least 4 members (excludes halogenated alkanes) is 1. The number of ether oxygens (including phenoxy) is 1. The lowest BCUT2D eigenvalue weighted by Crippen LogP contribution is -2.34. The molecule has 0 bridgehead atoms. The Kier molecular flexibility index (Phi) is 7.34. The van der Waals surface area contributed by atoms with Crippen LogP contribution in [0.4, 0.5) is 11.5 Å². The van der Waals surface area contributed by atoms with Gasteiger partial charge in [0.2, 0.25) is 5.88 Å². The van der Waals surface area contributed by atoms with Crippen molar-refractivity contribution in [2.45, 2.75) is 59.9 Å². The minimum atomic E-state index is 0.459. The van der Waals surface area contributed by atoms with E-state index in [1.165, 1.54) is 12.8 Å². The largest absolute Gasteiger partial charge is 0.476 e. The predicted octanol–water partition coefficient (Wildman–Crippen LogP) is 4.10. The number of rotatable bonds is 9. The van der Waals surface area contributed by atoms with E-state index in [2.05, 4.69) is 44.5 Å². The van der Waals surface area contributed by atoms with Gasteiger partial charge in [0.05, 0.1) is 12.3 Å². The Bertz CT molecular complexity index is 420. The molecule has 0 fully saturated rings. The zero-order valence-electron chi connectivity index (χ0n) is 14.2. The van der Waals surface area contributed by atoms with Crippen molar-refractivity contribution >= 4 is 11.5 Å². The Morgan fingerprint density at radius 1 is 1.24 bits per heavy atom. The molecule has 120 valence electrons. The molecule has 4 nitrogen and oxygen atoms in total. The molecule has 1 atom stereocenters. The molecule has 0 aliphatic carbocycles. The van der Waals surface area contributed by atoms with Crippen molar-refractivity contribution in [2.24, 2.45) is 5.92 Å². The normalized spacial score (nSPS) is 12.5. The molecule has 1 heterocycles. The van der Waals surface area contributed by atoms with Gasteiger partial charge in [0.25, 0.3) is 0 Å². The topological polar surface area (TPSA) is 51.4 Å². The molecule has 0 aliphatic heterocycles. The zero-order chi connectivity index (χ0) is 15.8. The molecule has 2 N–H and O–H groups in total. The van der Waals surface area contributed by atoms with Crippen LogP contribution >= 0.6 is 0 Å². The van der Waals surface area contributed by atoms with Crippen LogP contribution < -0.4 is 15.4 Å². The first kappa shape index (κ1) is 17.6. The fourth-order valence-corrected chi connectivity index (χ4v) is 2.07. The van der Waals surface area contributed by atoms with Crippen molar-refractivity contribution in [3.05, 3.63) is 12.1 Å². The highest BCUT2D eigenvalue weighted by Gasteiger charge is 2.16. The van der Waals surface area contributed by atoms with E-state index in [-0.39, 0.29) is 0 Å². The summed E-state index contributed by atoms with van der Waals surface area (Å²) in [5, 5.41) is 0. The van der Waals surface area contributed by atoms with Gasteiger partial charge in [-0.05, 0) is 37.8 Å². The lowest BCUT2D eigenvalue weighted by Gasteiger charge is -2.30. The number of nitrogen functional groups attached to an aromatic ring is 1. The molecule has 1 aromatic heterocycles. The standard InChI is InChI=1S/C17H31N3O/c1-6-8-11-20(14(5)7-2)16-10-9-15(18)17(19-16)21-12-13(3)4/h9-10,13-14H,6-8,11-12,18H2,1-5H3. The number of hydrogen-bond acceptors (Lipinski definition) is 4. The van der Waals surface area contributed by atoms with Crippen molar-refractivity contribution in [3.63, 3.8) is 0 Å². The maximum atomic E-state index is 5.98. The van der Waals surface area contributed by atoms with E-state index < -0.39 is 0 Å². The van der Waals surface area contributed by atoms with Crippen LogP contribution in [-0.2, 0) is 0 Å². The van der Waals surface area contributed by atoms with E-state index in [1.54, 1.807) is 0 Å². The summed E-state index contributed by atoms with van der Waals surface area (Å²) in [6.07, 6.45) is 3.44. The van der Waals surface area contributed by atoms with Gasteiger partial charge in [-0.3, -0.25) is 0 Å². The minimum Gasteiger partial charge on any atom is -0.476 e. The smallest absolute Gasteiger partial charge is 0.239 e. The summed E-state index contributed by atoms with van der Waals surface area (Å²) in [7, 11) is 0. The molecule has 0 radical (unpaired) electrons. The molecule has 0 aromatic carbocycles. The number of nitrogens with zero attached hydrogens (tertiary/aromatic N) is 2. The number of nitrogens with two attached hydrogens (primary N) is 1. The van der Waals surface area contributed by atoms with E-state index in [0.29, 0.717) is 30.1 Å². The van der Waals surface area contributed by atoms with E-state index >= 15 is 0 Å². The van der Waals surface area contributed by atoms with Crippen molar-refractivity contribution in [3.8, 4) is 5.88 Å². The fraction of sp³-hybridized carbons (Fsp3) is 0.706. The molecule has 4 heteroatoms. The number of anilines is 2. The average molecular weight is 293 g/mol. The monoisotopic (exact) mass is 293 g/mol. The molecule has 0 spiro atoms. The van der Waals surface area contributed by atoms with Crippen LogP contribution in [0.1, 0.15) is 53.9 Å². The predicted molar refractivity (Wildman–Crippen MR) is 91.0 cm³/mol. The van der Waals surface area contributed by atoms with Crippen LogP contribution in [0, 0.1) is 5.92 Å². The molecule has 1 rings (SSSR count). The summed E-state index contributed by atoms with van der Waals surface area (Å²) < 4.78 is 5.74. The zero-order valence-corrected chi connectivity index (χ0v) is 14.2. The first-order chi connectivity index (χ1) is 9.99. The van der Waals surface area contributed by atoms with Crippen molar-refractivity contribution in [1.29, 1.82) is 0 Å². The van der Waals surface area contributed by atoms with Crippen molar-refractivity contribution < 1.29 is 4.74 Å². The quantitative estimate of drug-likeness (QED) is 0.744. The van der Waals surface area contributed by atoms with Gasteiger partial charge in [-0.25, -0.2) is 0 Å². The lowest BCUT2D eigenvalue weighted by molar-refractivity contribution is 0.263. The summed E-state index contributed by atoms with van der Waals surface area (Å²) in [6.45, 7) is 12.5. The van der Waals surface area contributed by atoms with Gasteiger partial charge >= 0.3 is 0 Å². The third-order valence-corrected chi connectivity index (χ3v) is 3.60. The number of aromatic nitrogens is 1. The van der Waals surface area contributed by atoms with E-state index in [0.717, 1.165) is 18.8 Å². The van der Waals surface area contributed by atoms with Gasteiger partial charge < -0.3 is 15.4 Å². The minimum absolute atomic E-state index is 0.459. The average Bonchev–Trinajstić information content (AvgIpc) is 2.47.